The van der Waals surface area contributed by atoms with Gasteiger partial charge in [0.2, 0.25) is 5.89 Å². The lowest BCUT2D eigenvalue weighted by atomic mass is 9.97. The van der Waals surface area contributed by atoms with E-state index in [1.807, 2.05) is 42.5 Å². The van der Waals surface area contributed by atoms with E-state index in [1.54, 1.807) is 0 Å². The van der Waals surface area contributed by atoms with Crippen molar-refractivity contribution in [2.45, 2.75) is 0 Å². The first kappa shape index (κ1) is 25.4. The van der Waals surface area contributed by atoms with Crippen LogP contribution in [0.2, 0.25) is 0 Å². The van der Waals surface area contributed by atoms with E-state index in [4.69, 9.17) is 13.8 Å². The average molecular weight is 579 g/mol. The SMILES string of the molecule is c1ccc(N(c2cccc(-c3cccc4ccccc34)c2)c2ccc3oc4cccc(-c5nc6ccccc6o5)c4c3c2)cc1. The molecule has 212 valence electrons. The molecule has 0 bridgehead atoms. The lowest BCUT2D eigenvalue weighted by molar-refractivity contribution is 0.620. The fourth-order valence-corrected chi connectivity index (χ4v) is 6.43. The molecule has 0 N–H and O–H groups in total. The van der Waals surface area contributed by atoms with Crippen LogP contribution >= 0.6 is 0 Å². The molecule has 2 heterocycles. The van der Waals surface area contributed by atoms with Crippen LogP contribution in [0.25, 0.3) is 66.4 Å². The number of rotatable bonds is 5. The number of anilines is 3. The molecule has 0 aliphatic rings. The average Bonchev–Trinajstić information content (AvgIpc) is 3.70. The van der Waals surface area contributed by atoms with Gasteiger partial charge in [0.05, 0.1) is 0 Å². The van der Waals surface area contributed by atoms with Gasteiger partial charge in [-0.25, -0.2) is 4.98 Å². The molecule has 0 radical (unpaired) electrons. The van der Waals surface area contributed by atoms with Crippen LogP contribution in [0.15, 0.2) is 167 Å². The standard InChI is InChI=1S/C41H26N2O2/c1-2-14-29(15-3-1)43(30-16-8-13-28(25-30)33-18-9-12-27-11-4-5-17-32(27)33)31-23-24-37-35(26-31)40-34(19-10-22-39(40)44-37)41-42-36-20-6-7-21-38(36)45-41/h1-26H. The summed E-state index contributed by atoms with van der Waals surface area (Å²) in [5, 5.41) is 4.46. The molecular weight excluding hydrogens is 552 g/mol. The summed E-state index contributed by atoms with van der Waals surface area (Å²) in [5.74, 6) is 0.581. The van der Waals surface area contributed by atoms with Gasteiger partial charge in [0.15, 0.2) is 5.58 Å². The summed E-state index contributed by atoms with van der Waals surface area (Å²) in [6.07, 6.45) is 0. The second-order valence-corrected chi connectivity index (χ2v) is 11.2. The number of para-hydroxylation sites is 3. The molecule has 0 spiro atoms. The van der Waals surface area contributed by atoms with Crippen molar-refractivity contribution in [1.82, 2.24) is 4.98 Å². The molecule has 4 heteroatoms. The van der Waals surface area contributed by atoms with Gasteiger partial charge in [-0.05, 0) is 88.6 Å². The Balaban J connectivity index is 1.24. The molecule has 0 fully saturated rings. The molecule has 45 heavy (non-hydrogen) atoms. The highest BCUT2D eigenvalue weighted by molar-refractivity contribution is 6.13. The molecular formula is C41H26N2O2. The van der Waals surface area contributed by atoms with Crippen LogP contribution in [0.3, 0.4) is 0 Å². The number of furan rings is 1. The Hall–Kier alpha value is -6.13. The highest BCUT2D eigenvalue weighted by Crippen LogP contribution is 2.42. The Kier molecular flexibility index (Phi) is 5.78. The molecule has 0 saturated heterocycles. The molecule has 0 aliphatic carbocycles. The van der Waals surface area contributed by atoms with Crippen LogP contribution in [0.4, 0.5) is 17.1 Å². The summed E-state index contributed by atoms with van der Waals surface area (Å²) in [6.45, 7) is 0. The zero-order chi connectivity index (χ0) is 29.7. The predicted octanol–water partition coefficient (Wildman–Crippen LogP) is 11.7. The molecule has 7 aromatic carbocycles. The van der Waals surface area contributed by atoms with Crippen molar-refractivity contribution in [3.05, 3.63) is 158 Å². The smallest absolute Gasteiger partial charge is 0.228 e. The maximum absolute atomic E-state index is 6.36. The van der Waals surface area contributed by atoms with Gasteiger partial charge in [-0.15, -0.1) is 0 Å². The minimum absolute atomic E-state index is 0.581. The third-order valence-electron chi connectivity index (χ3n) is 8.48. The number of aromatic nitrogens is 1. The Bertz CT molecular complexity index is 2470. The Morgan fingerprint density at radius 2 is 1.16 bits per heavy atom. The second kappa shape index (κ2) is 10.2. The number of benzene rings is 7. The van der Waals surface area contributed by atoms with Gasteiger partial charge in [-0.3, -0.25) is 0 Å². The van der Waals surface area contributed by atoms with Gasteiger partial charge in [-0.1, -0.05) is 91.0 Å². The van der Waals surface area contributed by atoms with Crippen molar-refractivity contribution in [2.75, 3.05) is 4.90 Å². The zero-order valence-electron chi connectivity index (χ0n) is 24.2. The molecule has 9 aromatic rings. The maximum Gasteiger partial charge on any atom is 0.228 e. The quantitative estimate of drug-likeness (QED) is 0.204. The maximum atomic E-state index is 6.36. The Morgan fingerprint density at radius 3 is 2.09 bits per heavy atom. The van der Waals surface area contributed by atoms with Gasteiger partial charge in [0, 0.05) is 33.4 Å². The first-order valence-electron chi connectivity index (χ1n) is 15.0. The van der Waals surface area contributed by atoms with Crippen LogP contribution in [-0.2, 0) is 0 Å². The number of hydrogen-bond acceptors (Lipinski definition) is 4. The minimum Gasteiger partial charge on any atom is -0.456 e. The van der Waals surface area contributed by atoms with Crippen LogP contribution in [-0.4, -0.2) is 4.98 Å². The van der Waals surface area contributed by atoms with Crippen LogP contribution in [0, 0.1) is 0 Å². The molecule has 0 unspecified atom stereocenters. The van der Waals surface area contributed by atoms with Gasteiger partial charge in [-0.2, -0.15) is 0 Å². The van der Waals surface area contributed by atoms with Crippen molar-refractivity contribution in [2.24, 2.45) is 0 Å². The molecule has 0 atom stereocenters. The van der Waals surface area contributed by atoms with Crippen molar-refractivity contribution in [1.29, 1.82) is 0 Å². The largest absolute Gasteiger partial charge is 0.456 e. The van der Waals surface area contributed by atoms with Crippen LogP contribution in [0.5, 0.6) is 0 Å². The molecule has 0 aliphatic heterocycles. The third kappa shape index (κ3) is 4.27. The number of fused-ring (bicyclic) bond motifs is 5. The summed E-state index contributed by atoms with van der Waals surface area (Å²) < 4.78 is 12.6. The predicted molar refractivity (Wildman–Crippen MR) is 184 cm³/mol. The van der Waals surface area contributed by atoms with Crippen molar-refractivity contribution >= 4 is 60.9 Å². The Morgan fingerprint density at radius 1 is 0.444 bits per heavy atom. The minimum atomic E-state index is 0.581. The topological polar surface area (TPSA) is 42.4 Å². The van der Waals surface area contributed by atoms with E-state index in [9.17, 15) is 0 Å². The normalized spacial score (nSPS) is 11.6. The van der Waals surface area contributed by atoms with Crippen LogP contribution in [0.1, 0.15) is 0 Å². The molecule has 0 saturated carbocycles. The fraction of sp³-hybridized carbons (Fsp3) is 0. The van der Waals surface area contributed by atoms with Crippen molar-refractivity contribution < 1.29 is 8.83 Å². The van der Waals surface area contributed by atoms with E-state index in [0.29, 0.717) is 5.89 Å². The number of oxazole rings is 1. The van der Waals surface area contributed by atoms with Gasteiger partial charge >= 0.3 is 0 Å². The Labute approximate surface area is 259 Å². The zero-order valence-corrected chi connectivity index (χ0v) is 24.2. The highest BCUT2D eigenvalue weighted by atomic mass is 16.3. The fourth-order valence-electron chi connectivity index (χ4n) is 6.43. The lowest BCUT2D eigenvalue weighted by Crippen LogP contribution is -2.09. The highest BCUT2D eigenvalue weighted by Gasteiger charge is 2.20. The summed E-state index contributed by atoms with van der Waals surface area (Å²) in [4.78, 5) is 7.11. The van der Waals surface area contributed by atoms with E-state index in [2.05, 4.69) is 120 Å². The van der Waals surface area contributed by atoms with Crippen molar-refractivity contribution in [3.63, 3.8) is 0 Å². The summed E-state index contributed by atoms with van der Waals surface area (Å²) >= 11 is 0. The van der Waals surface area contributed by atoms with E-state index in [0.717, 1.165) is 55.7 Å². The summed E-state index contributed by atoms with van der Waals surface area (Å²) in [6, 6.07) is 54.6. The first-order valence-corrected chi connectivity index (χ1v) is 15.0. The number of hydrogen-bond donors (Lipinski definition) is 0. The van der Waals surface area contributed by atoms with E-state index in [1.165, 1.54) is 21.9 Å². The van der Waals surface area contributed by atoms with Crippen molar-refractivity contribution in [3.8, 4) is 22.6 Å². The van der Waals surface area contributed by atoms with Crippen LogP contribution < -0.4 is 4.90 Å². The van der Waals surface area contributed by atoms with E-state index in [-0.39, 0.29) is 0 Å². The van der Waals surface area contributed by atoms with Gasteiger partial charge in [0.25, 0.3) is 0 Å². The molecule has 9 rings (SSSR count). The third-order valence-corrected chi connectivity index (χ3v) is 8.48. The van der Waals surface area contributed by atoms with Gasteiger partial charge in [0.1, 0.15) is 16.7 Å². The monoisotopic (exact) mass is 578 g/mol. The summed E-state index contributed by atoms with van der Waals surface area (Å²) in [5.41, 5.74) is 9.65. The van der Waals surface area contributed by atoms with Gasteiger partial charge < -0.3 is 13.7 Å². The first-order chi connectivity index (χ1) is 22.3. The summed E-state index contributed by atoms with van der Waals surface area (Å²) in [7, 11) is 0. The lowest BCUT2D eigenvalue weighted by Gasteiger charge is -2.26. The second-order valence-electron chi connectivity index (χ2n) is 11.2. The molecule has 4 nitrogen and oxygen atoms in total. The molecule has 0 amide bonds. The number of nitrogens with zero attached hydrogens (tertiary/aromatic N) is 2. The van der Waals surface area contributed by atoms with E-state index >= 15 is 0 Å². The van der Waals surface area contributed by atoms with E-state index < -0.39 is 0 Å². The molecule has 2 aromatic heterocycles.